The number of alkyl halides is 4. The molecule has 1 aromatic carbocycles. The van der Waals surface area contributed by atoms with Gasteiger partial charge in [-0.1, -0.05) is 18.2 Å². The van der Waals surface area contributed by atoms with Crippen molar-refractivity contribution in [1.29, 1.82) is 0 Å². The van der Waals surface area contributed by atoms with Gasteiger partial charge in [0.25, 0.3) is 5.91 Å². The second kappa shape index (κ2) is 7.36. The van der Waals surface area contributed by atoms with Crippen LogP contribution in [0.25, 0.3) is 0 Å². The van der Waals surface area contributed by atoms with E-state index in [-0.39, 0.29) is 23.0 Å². The van der Waals surface area contributed by atoms with Crippen molar-refractivity contribution in [2.24, 2.45) is 5.41 Å². The summed E-state index contributed by atoms with van der Waals surface area (Å²) in [6.07, 6.45) is 0.800. The summed E-state index contributed by atoms with van der Waals surface area (Å²) in [4.78, 5) is 16.3. The molecule has 2 heterocycles. The summed E-state index contributed by atoms with van der Waals surface area (Å²) in [7, 11) is 0. The average Bonchev–Trinajstić information content (AvgIpc) is 3.30. The van der Waals surface area contributed by atoms with E-state index < -0.39 is 12.0 Å². The number of ether oxygens (including phenoxy) is 1. The highest BCUT2D eigenvalue weighted by molar-refractivity contribution is 5.88. The van der Waals surface area contributed by atoms with E-state index in [9.17, 15) is 22.4 Å². The van der Waals surface area contributed by atoms with Gasteiger partial charge < -0.3 is 14.5 Å². The number of carbonyl (C=O) groups is 1. The molecule has 31 heavy (non-hydrogen) atoms. The van der Waals surface area contributed by atoms with Crippen molar-refractivity contribution < 1.29 is 27.1 Å². The summed E-state index contributed by atoms with van der Waals surface area (Å²) in [6.45, 7) is 3.04. The van der Waals surface area contributed by atoms with Crippen LogP contribution in [-0.4, -0.2) is 60.0 Å². The molecule has 0 N–H and O–H groups in total. The highest BCUT2D eigenvalue weighted by atomic mass is 19.4. The van der Waals surface area contributed by atoms with Gasteiger partial charge in [0, 0.05) is 24.5 Å². The van der Waals surface area contributed by atoms with E-state index in [1.807, 2.05) is 0 Å². The average molecular weight is 440 g/mol. The number of carbonyl (C=O) groups excluding carboxylic acids is 1. The van der Waals surface area contributed by atoms with Gasteiger partial charge in [-0.25, -0.2) is 4.39 Å². The molecule has 1 atom stereocenters. The van der Waals surface area contributed by atoms with Crippen LogP contribution < -0.4 is 4.74 Å². The molecular formula is C23H28F4N2O2. The van der Waals surface area contributed by atoms with Crippen molar-refractivity contribution in [3.63, 3.8) is 0 Å². The number of para-hydroxylation sites is 1. The number of amides is 1. The number of hydrogen-bond donors (Lipinski definition) is 0. The molecule has 0 aromatic heterocycles. The number of benzene rings is 1. The molecule has 170 valence electrons. The van der Waals surface area contributed by atoms with Crippen molar-refractivity contribution in [1.82, 2.24) is 9.80 Å². The van der Waals surface area contributed by atoms with Gasteiger partial charge in [0.1, 0.15) is 5.75 Å². The Morgan fingerprint density at radius 3 is 2.35 bits per heavy atom. The first kappa shape index (κ1) is 21.0. The van der Waals surface area contributed by atoms with Crippen LogP contribution in [0, 0.1) is 5.41 Å². The van der Waals surface area contributed by atoms with Crippen LogP contribution in [0.5, 0.6) is 5.75 Å². The fourth-order valence-corrected chi connectivity index (χ4v) is 5.90. The van der Waals surface area contributed by atoms with Gasteiger partial charge in [-0.3, -0.25) is 4.79 Å². The van der Waals surface area contributed by atoms with Crippen molar-refractivity contribution >= 4 is 5.91 Å². The van der Waals surface area contributed by atoms with Gasteiger partial charge >= 0.3 is 6.36 Å². The molecule has 0 bridgehead atoms. The number of nitrogens with zero attached hydrogens (tertiary/aromatic N) is 2. The van der Waals surface area contributed by atoms with E-state index >= 15 is 0 Å². The first-order valence-electron chi connectivity index (χ1n) is 11.2. The molecule has 8 heteroatoms. The molecule has 0 unspecified atom stereocenters. The quantitative estimate of drug-likeness (QED) is 0.639. The minimum absolute atomic E-state index is 0.0567. The van der Waals surface area contributed by atoms with Gasteiger partial charge in [-0.15, -0.1) is 13.2 Å². The van der Waals surface area contributed by atoms with Gasteiger partial charge in [0.2, 0.25) is 0 Å². The van der Waals surface area contributed by atoms with Crippen molar-refractivity contribution in [3.8, 4) is 5.75 Å². The number of piperidine rings is 1. The minimum Gasteiger partial charge on any atom is -0.405 e. The summed E-state index contributed by atoms with van der Waals surface area (Å²) >= 11 is 0. The maximum Gasteiger partial charge on any atom is 0.573 e. The molecule has 2 saturated carbocycles. The van der Waals surface area contributed by atoms with Gasteiger partial charge in [-0.2, -0.15) is 0 Å². The van der Waals surface area contributed by atoms with Crippen molar-refractivity contribution in [2.75, 3.05) is 26.2 Å². The Balaban J connectivity index is 1.14. The molecule has 2 saturated heterocycles. The maximum absolute atomic E-state index is 14.0. The SMILES string of the molecule is O=C(N1CC2(CC[C@@H](N3CCC(c4ccccc4OC(F)(F)F)CC3)C2)C1)C1(F)CC1. The number of halogens is 4. The summed E-state index contributed by atoms with van der Waals surface area (Å²) in [5.41, 5.74) is -0.806. The predicted octanol–water partition coefficient (Wildman–Crippen LogP) is 4.65. The van der Waals surface area contributed by atoms with Crippen LogP contribution in [0.1, 0.15) is 56.4 Å². The maximum atomic E-state index is 14.0. The lowest BCUT2D eigenvalue weighted by Gasteiger charge is -2.49. The number of likely N-dealkylation sites (tertiary alicyclic amines) is 2. The largest absolute Gasteiger partial charge is 0.573 e. The molecule has 5 rings (SSSR count). The van der Waals surface area contributed by atoms with Crippen LogP contribution >= 0.6 is 0 Å². The molecular weight excluding hydrogens is 412 g/mol. The van der Waals surface area contributed by atoms with Crippen LogP contribution in [-0.2, 0) is 4.79 Å². The van der Waals surface area contributed by atoms with E-state index in [0.717, 1.165) is 45.2 Å². The van der Waals surface area contributed by atoms with Gasteiger partial charge in [0.05, 0.1) is 0 Å². The Hall–Kier alpha value is -1.83. The van der Waals surface area contributed by atoms with E-state index in [1.54, 1.807) is 23.1 Å². The lowest BCUT2D eigenvalue weighted by Crippen LogP contribution is -2.60. The highest BCUT2D eigenvalue weighted by Crippen LogP contribution is 2.51. The molecule has 4 nitrogen and oxygen atoms in total. The molecule has 2 aliphatic heterocycles. The summed E-state index contributed by atoms with van der Waals surface area (Å²) in [5, 5.41) is 0. The van der Waals surface area contributed by atoms with Gasteiger partial charge in [0.15, 0.2) is 5.67 Å². The predicted molar refractivity (Wildman–Crippen MR) is 106 cm³/mol. The molecule has 2 aliphatic carbocycles. The van der Waals surface area contributed by atoms with Crippen LogP contribution in [0.4, 0.5) is 17.6 Å². The van der Waals surface area contributed by atoms with E-state index in [2.05, 4.69) is 9.64 Å². The first-order chi connectivity index (χ1) is 14.7. The fourth-order valence-electron chi connectivity index (χ4n) is 5.90. The smallest absolute Gasteiger partial charge is 0.405 e. The monoisotopic (exact) mass is 440 g/mol. The first-order valence-corrected chi connectivity index (χ1v) is 11.2. The van der Waals surface area contributed by atoms with E-state index in [4.69, 9.17) is 0 Å². The Labute approximate surface area is 179 Å². The standard InChI is InChI=1S/C23H28F4N2O2/c24-22(9-10-22)20(30)29-14-21(15-29)8-5-17(13-21)28-11-6-16(7-12-28)18-3-1-2-4-19(18)31-23(25,26)27/h1-4,16-17H,5-15H2/t17-/m1/s1. The highest BCUT2D eigenvalue weighted by Gasteiger charge is 2.58. The molecule has 1 aromatic rings. The second-order valence-electron chi connectivity index (χ2n) is 9.92. The lowest BCUT2D eigenvalue weighted by molar-refractivity contribution is -0.275. The van der Waals surface area contributed by atoms with Crippen molar-refractivity contribution in [2.45, 2.75) is 68.9 Å². The zero-order chi connectivity index (χ0) is 21.9. The molecule has 0 radical (unpaired) electrons. The second-order valence-corrected chi connectivity index (χ2v) is 9.92. The molecule has 4 fully saturated rings. The Kier molecular flexibility index (Phi) is 4.99. The van der Waals surface area contributed by atoms with Gasteiger partial charge in [-0.05, 0) is 75.6 Å². The third kappa shape index (κ3) is 4.15. The zero-order valence-electron chi connectivity index (χ0n) is 17.5. The van der Waals surface area contributed by atoms with Crippen LogP contribution in [0.2, 0.25) is 0 Å². The lowest BCUT2D eigenvalue weighted by atomic mass is 9.77. The fraction of sp³-hybridized carbons (Fsp3) is 0.696. The summed E-state index contributed by atoms with van der Waals surface area (Å²) in [5.74, 6) is -0.350. The van der Waals surface area contributed by atoms with Crippen LogP contribution in [0.3, 0.4) is 0 Å². The third-order valence-electron chi connectivity index (χ3n) is 7.72. The number of hydrogen-bond acceptors (Lipinski definition) is 3. The Bertz CT molecular complexity index is 840. The normalized spacial score (nSPS) is 27.9. The zero-order valence-corrected chi connectivity index (χ0v) is 17.5. The Morgan fingerprint density at radius 2 is 1.71 bits per heavy atom. The van der Waals surface area contributed by atoms with E-state index in [1.165, 1.54) is 6.07 Å². The van der Waals surface area contributed by atoms with Crippen LogP contribution in [0.15, 0.2) is 24.3 Å². The molecule has 1 spiro atoms. The topological polar surface area (TPSA) is 32.8 Å². The number of rotatable bonds is 4. The molecule has 4 aliphatic rings. The third-order valence-corrected chi connectivity index (χ3v) is 7.72. The minimum atomic E-state index is -4.69. The van der Waals surface area contributed by atoms with E-state index in [0.29, 0.717) is 37.5 Å². The Morgan fingerprint density at radius 1 is 1.03 bits per heavy atom. The molecule has 1 amide bonds. The van der Waals surface area contributed by atoms with Crippen molar-refractivity contribution in [3.05, 3.63) is 29.8 Å². The summed E-state index contributed by atoms with van der Waals surface area (Å²) in [6, 6.07) is 6.91. The summed E-state index contributed by atoms with van der Waals surface area (Å²) < 4.78 is 56.5.